The van der Waals surface area contributed by atoms with Gasteiger partial charge < -0.3 is 5.32 Å². The second kappa shape index (κ2) is 7.08. The Balaban J connectivity index is 1.80. The molecule has 0 saturated carbocycles. The fourth-order valence-corrected chi connectivity index (χ4v) is 3.02. The van der Waals surface area contributed by atoms with E-state index in [1.165, 1.54) is 48.5 Å². The number of carbonyl (C=O) groups excluding carboxylic acids is 2. The van der Waals surface area contributed by atoms with E-state index in [2.05, 4.69) is 5.32 Å². The van der Waals surface area contributed by atoms with Crippen molar-refractivity contribution in [3.05, 3.63) is 102 Å². The third-order valence-electron chi connectivity index (χ3n) is 4.34. The topological polar surface area (TPSA) is 49.4 Å². The Bertz CT molecular complexity index is 1080. The minimum Gasteiger partial charge on any atom is -0.350 e. The number of rotatable bonds is 4. The fraction of sp³-hybridized carbons (Fsp3) is 0. The molecule has 138 valence electrons. The lowest BCUT2D eigenvalue weighted by atomic mass is 10.0. The van der Waals surface area contributed by atoms with Gasteiger partial charge in [-0.05, 0) is 54.1 Å². The maximum Gasteiger partial charge on any atom is 0.282 e. The van der Waals surface area contributed by atoms with Gasteiger partial charge in [-0.2, -0.15) is 0 Å². The Morgan fingerprint density at radius 3 is 1.86 bits per heavy atom. The molecule has 0 spiro atoms. The van der Waals surface area contributed by atoms with Gasteiger partial charge >= 0.3 is 0 Å². The zero-order valence-electron chi connectivity index (χ0n) is 14.5. The van der Waals surface area contributed by atoms with E-state index < -0.39 is 23.4 Å². The van der Waals surface area contributed by atoms with Crippen LogP contribution in [0.3, 0.4) is 0 Å². The number of amides is 2. The molecule has 0 unspecified atom stereocenters. The average Bonchev–Trinajstić information content (AvgIpc) is 2.95. The van der Waals surface area contributed by atoms with Gasteiger partial charge in [-0.1, -0.05) is 30.3 Å². The minimum absolute atomic E-state index is 0.0760. The summed E-state index contributed by atoms with van der Waals surface area (Å²) in [5, 5.41) is 2.93. The first kappa shape index (κ1) is 17.6. The number of nitrogens with zero attached hydrogens (tertiary/aromatic N) is 1. The molecule has 0 saturated heterocycles. The first-order valence-corrected chi connectivity index (χ1v) is 8.51. The summed E-state index contributed by atoms with van der Waals surface area (Å²) in [5.41, 5.74) is 1.56. The van der Waals surface area contributed by atoms with Crippen LogP contribution in [0.15, 0.2) is 84.6 Å². The Morgan fingerprint density at radius 1 is 0.679 bits per heavy atom. The van der Waals surface area contributed by atoms with Gasteiger partial charge in [0.2, 0.25) is 0 Å². The summed E-state index contributed by atoms with van der Waals surface area (Å²) in [5.74, 6) is -1.97. The lowest BCUT2D eigenvalue weighted by Crippen LogP contribution is -2.32. The second-order valence-electron chi connectivity index (χ2n) is 6.17. The molecular formula is C22H14F2N2O2. The van der Waals surface area contributed by atoms with Gasteiger partial charge in [-0.15, -0.1) is 0 Å². The van der Waals surface area contributed by atoms with Crippen molar-refractivity contribution in [2.24, 2.45) is 0 Å². The summed E-state index contributed by atoms with van der Waals surface area (Å²) < 4.78 is 26.5. The van der Waals surface area contributed by atoms with Crippen molar-refractivity contribution < 1.29 is 18.4 Å². The van der Waals surface area contributed by atoms with Crippen molar-refractivity contribution in [1.82, 2.24) is 0 Å². The Morgan fingerprint density at radius 2 is 1.25 bits per heavy atom. The molecule has 2 amide bonds. The normalized spacial score (nSPS) is 14.0. The summed E-state index contributed by atoms with van der Waals surface area (Å²) in [6.45, 7) is 0. The summed E-state index contributed by atoms with van der Waals surface area (Å²) in [6, 6.07) is 19.3. The van der Waals surface area contributed by atoms with Crippen LogP contribution in [-0.2, 0) is 9.59 Å². The van der Waals surface area contributed by atoms with Crippen LogP contribution in [0.4, 0.5) is 20.2 Å². The molecule has 6 heteroatoms. The van der Waals surface area contributed by atoms with Crippen molar-refractivity contribution >= 4 is 28.8 Å². The summed E-state index contributed by atoms with van der Waals surface area (Å²) in [6.07, 6.45) is 0. The van der Waals surface area contributed by atoms with Crippen LogP contribution < -0.4 is 10.2 Å². The molecule has 0 aromatic heterocycles. The van der Waals surface area contributed by atoms with Crippen LogP contribution >= 0.6 is 0 Å². The lowest BCUT2D eigenvalue weighted by molar-refractivity contribution is -0.120. The van der Waals surface area contributed by atoms with E-state index in [9.17, 15) is 18.4 Å². The van der Waals surface area contributed by atoms with Gasteiger partial charge in [0.05, 0.1) is 11.3 Å². The number of hydrogen-bond donors (Lipinski definition) is 1. The molecule has 1 aliphatic rings. The zero-order chi connectivity index (χ0) is 19.7. The summed E-state index contributed by atoms with van der Waals surface area (Å²) in [7, 11) is 0. The van der Waals surface area contributed by atoms with E-state index >= 15 is 0 Å². The highest BCUT2D eigenvalue weighted by atomic mass is 19.1. The highest BCUT2D eigenvalue weighted by Crippen LogP contribution is 2.33. The maximum absolute atomic E-state index is 13.3. The quantitative estimate of drug-likeness (QED) is 0.689. The fourth-order valence-electron chi connectivity index (χ4n) is 3.02. The van der Waals surface area contributed by atoms with Crippen LogP contribution in [0.2, 0.25) is 0 Å². The smallest absolute Gasteiger partial charge is 0.282 e. The van der Waals surface area contributed by atoms with Gasteiger partial charge in [0.25, 0.3) is 11.8 Å². The lowest BCUT2D eigenvalue weighted by Gasteiger charge is -2.15. The molecule has 4 rings (SSSR count). The average molecular weight is 376 g/mol. The van der Waals surface area contributed by atoms with Crippen LogP contribution in [0.1, 0.15) is 5.56 Å². The first-order chi connectivity index (χ1) is 13.5. The van der Waals surface area contributed by atoms with Gasteiger partial charge in [0.15, 0.2) is 0 Å². The van der Waals surface area contributed by atoms with Crippen LogP contribution in [0.5, 0.6) is 0 Å². The molecule has 3 aromatic rings. The molecule has 0 bridgehead atoms. The number of benzene rings is 3. The third kappa shape index (κ3) is 3.16. The summed E-state index contributed by atoms with van der Waals surface area (Å²) >= 11 is 0. The van der Waals surface area contributed by atoms with E-state index in [4.69, 9.17) is 0 Å². The third-order valence-corrected chi connectivity index (χ3v) is 4.34. The molecule has 1 aliphatic heterocycles. The number of anilines is 2. The number of halogens is 2. The van der Waals surface area contributed by atoms with Gasteiger partial charge in [-0.3, -0.25) is 9.59 Å². The monoisotopic (exact) mass is 376 g/mol. The van der Waals surface area contributed by atoms with Crippen LogP contribution in [-0.4, -0.2) is 11.8 Å². The molecular weight excluding hydrogens is 362 g/mol. The van der Waals surface area contributed by atoms with Crippen molar-refractivity contribution in [2.45, 2.75) is 0 Å². The molecule has 0 aliphatic carbocycles. The minimum atomic E-state index is -0.570. The molecule has 4 nitrogen and oxygen atoms in total. The molecule has 1 heterocycles. The molecule has 3 aromatic carbocycles. The van der Waals surface area contributed by atoms with E-state index in [-0.39, 0.29) is 17.0 Å². The number of carbonyl (C=O) groups is 2. The first-order valence-electron chi connectivity index (χ1n) is 8.51. The molecule has 0 radical (unpaired) electrons. The van der Waals surface area contributed by atoms with Gasteiger partial charge in [-0.25, -0.2) is 13.7 Å². The Labute approximate surface area is 159 Å². The second-order valence-corrected chi connectivity index (χ2v) is 6.17. The van der Waals surface area contributed by atoms with E-state index in [0.717, 1.165) is 4.90 Å². The van der Waals surface area contributed by atoms with Gasteiger partial charge in [0.1, 0.15) is 17.3 Å². The maximum atomic E-state index is 13.3. The van der Waals surface area contributed by atoms with E-state index in [1.807, 2.05) is 0 Å². The number of hydrogen-bond acceptors (Lipinski definition) is 3. The van der Waals surface area contributed by atoms with Crippen molar-refractivity contribution in [3.63, 3.8) is 0 Å². The van der Waals surface area contributed by atoms with Gasteiger partial charge in [0, 0.05) is 5.69 Å². The van der Waals surface area contributed by atoms with E-state index in [0.29, 0.717) is 11.3 Å². The van der Waals surface area contributed by atoms with Crippen molar-refractivity contribution in [1.29, 1.82) is 0 Å². The Hall–Kier alpha value is -3.80. The Kier molecular flexibility index (Phi) is 4.45. The molecule has 28 heavy (non-hydrogen) atoms. The number of nitrogens with one attached hydrogen (secondary N) is 1. The van der Waals surface area contributed by atoms with Crippen molar-refractivity contribution in [2.75, 3.05) is 10.2 Å². The number of imide groups is 1. The van der Waals surface area contributed by atoms with Crippen LogP contribution in [0.25, 0.3) is 5.57 Å². The van der Waals surface area contributed by atoms with E-state index in [1.54, 1.807) is 30.3 Å². The highest BCUT2D eigenvalue weighted by Gasteiger charge is 2.40. The largest absolute Gasteiger partial charge is 0.350 e. The molecule has 0 fully saturated rings. The standard InChI is InChI=1S/C22H14F2N2O2/c23-15-6-10-17(11-7-15)25-20-19(14-4-2-1-3-5-14)21(27)26(22(20)28)18-12-8-16(24)9-13-18/h1-13,25H. The zero-order valence-corrected chi connectivity index (χ0v) is 14.5. The predicted octanol–water partition coefficient (Wildman–Crippen LogP) is 4.36. The SMILES string of the molecule is O=C1C(Nc2ccc(F)cc2)=C(c2ccccc2)C(=O)N1c1ccc(F)cc1. The predicted molar refractivity (Wildman–Crippen MR) is 102 cm³/mol. The summed E-state index contributed by atoms with van der Waals surface area (Å²) in [4.78, 5) is 27.2. The van der Waals surface area contributed by atoms with Crippen molar-refractivity contribution in [3.8, 4) is 0 Å². The molecule has 1 N–H and O–H groups in total. The molecule has 0 atom stereocenters. The van der Waals surface area contributed by atoms with Crippen LogP contribution in [0, 0.1) is 11.6 Å². The highest BCUT2D eigenvalue weighted by molar-refractivity contribution is 6.46.